The zero-order valence-corrected chi connectivity index (χ0v) is 22.1. The van der Waals surface area contributed by atoms with E-state index in [-0.39, 0.29) is 5.56 Å². The van der Waals surface area contributed by atoms with E-state index in [9.17, 15) is 13.2 Å². The first-order valence-corrected chi connectivity index (χ1v) is 12.1. The van der Waals surface area contributed by atoms with Crippen molar-refractivity contribution in [1.82, 2.24) is 0 Å². The van der Waals surface area contributed by atoms with Gasteiger partial charge in [-0.2, -0.15) is 13.2 Å². The van der Waals surface area contributed by atoms with Crippen LogP contribution in [0.2, 0.25) is 5.02 Å². The van der Waals surface area contributed by atoms with Crippen LogP contribution in [0.3, 0.4) is 0 Å². The number of benzene rings is 3. The standard InChI is InChI=1S/C9H12ClNO.C9H10F3N.C8H10BrN/c1-12-9-3-2-7(4-5-11)6-8(9)10;1-6(13)7-4-2-3-5-8(7)9(10,11)12;9-8-3-1-2-7(6-8)4-5-10/h2-3,6H,4-5,11H2,1H3;2-6H,13H2,1H3;1-3,6H,4-5,10H2. The Morgan fingerprint density at radius 2 is 1.51 bits per heavy atom. The number of alkyl halides is 3. The molecule has 0 saturated heterocycles. The zero-order valence-electron chi connectivity index (χ0n) is 19.8. The Morgan fingerprint density at radius 1 is 0.914 bits per heavy atom. The van der Waals surface area contributed by atoms with Gasteiger partial charge in [0.2, 0.25) is 0 Å². The predicted octanol–water partition coefficient (Wildman–Crippen LogP) is 6.53. The van der Waals surface area contributed by atoms with Gasteiger partial charge < -0.3 is 21.9 Å². The van der Waals surface area contributed by atoms with Crippen molar-refractivity contribution in [2.45, 2.75) is 32.0 Å². The summed E-state index contributed by atoms with van der Waals surface area (Å²) in [6, 6.07) is 18.7. The molecule has 9 heteroatoms. The molecule has 0 heterocycles. The molecule has 0 saturated carbocycles. The smallest absolute Gasteiger partial charge is 0.416 e. The third-order valence-corrected chi connectivity index (χ3v) is 5.52. The van der Waals surface area contributed by atoms with Gasteiger partial charge in [-0.25, -0.2) is 0 Å². The second-order valence-electron chi connectivity index (χ2n) is 7.55. The molecule has 3 aromatic carbocycles. The average Bonchev–Trinajstić information content (AvgIpc) is 2.80. The highest BCUT2D eigenvalue weighted by molar-refractivity contribution is 9.10. The van der Waals surface area contributed by atoms with E-state index in [0.29, 0.717) is 17.3 Å². The Balaban J connectivity index is 0.000000265. The summed E-state index contributed by atoms with van der Waals surface area (Å²) in [5, 5.41) is 0.642. The van der Waals surface area contributed by atoms with Crippen molar-refractivity contribution in [1.29, 1.82) is 0 Å². The SMILES string of the molecule is CC(N)c1ccccc1C(F)(F)F.COc1ccc(CCN)cc1Cl.NCCc1cccc(Br)c1. The first kappa shape index (κ1) is 30.9. The van der Waals surface area contributed by atoms with Crippen molar-refractivity contribution < 1.29 is 17.9 Å². The summed E-state index contributed by atoms with van der Waals surface area (Å²) >= 11 is 9.29. The molecule has 0 aliphatic heterocycles. The molecule has 192 valence electrons. The van der Waals surface area contributed by atoms with Gasteiger partial charge in [0.25, 0.3) is 0 Å². The molecular formula is C26H32BrClF3N3O. The van der Waals surface area contributed by atoms with Gasteiger partial charge in [-0.05, 0) is 79.9 Å². The molecule has 0 fully saturated rings. The van der Waals surface area contributed by atoms with Gasteiger partial charge in [-0.3, -0.25) is 0 Å². The van der Waals surface area contributed by atoms with E-state index in [0.717, 1.165) is 35.5 Å². The summed E-state index contributed by atoms with van der Waals surface area (Å²) < 4.78 is 43.2. The van der Waals surface area contributed by atoms with Gasteiger partial charge in [0.05, 0.1) is 17.7 Å². The summed E-state index contributed by atoms with van der Waals surface area (Å²) in [5.74, 6) is 0.706. The van der Waals surface area contributed by atoms with E-state index in [4.69, 9.17) is 33.5 Å². The zero-order chi connectivity index (χ0) is 26.4. The van der Waals surface area contributed by atoms with Crippen molar-refractivity contribution in [3.05, 3.63) is 98.5 Å². The lowest BCUT2D eigenvalue weighted by atomic mass is 10.0. The first-order valence-electron chi connectivity index (χ1n) is 10.9. The quantitative estimate of drug-likeness (QED) is 0.313. The molecule has 3 rings (SSSR count). The third kappa shape index (κ3) is 11.5. The second kappa shape index (κ2) is 15.8. The number of halogens is 5. The van der Waals surface area contributed by atoms with Crippen molar-refractivity contribution in [3.63, 3.8) is 0 Å². The Kier molecular flexibility index (Phi) is 14.0. The van der Waals surface area contributed by atoms with Crippen molar-refractivity contribution in [2.75, 3.05) is 20.2 Å². The maximum atomic E-state index is 12.4. The van der Waals surface area contributed by atoms with Gasteiger partial charge in [0, 0.05) is 10.5 Å². The molecular weight excluding hydrogens is 543 g/mol. The van der Waals surface area contributed by atoms with E-state index < -0.39 is 17.8 Å². The number of hydrogen-bond acceptors (Lipinski definition) is 4. The second-order valence-corrected chi connectivity index (χ2v) is 8.87. The van der Waals surface area contributed by atoms with Crippen molar-refractivity contribution in [3.8, 4) is 5.75 Å². The highest BCUT2D eigenvalue weighted by Crippen LogP contribution is 2.33. The summed E-state index contributed by atoms with van der Waals surface area (Å²) in [5.41, 5.74) is 18.1. The fourth-order valence-electron chi connectivity index (χ4n) is 3.04. The molecule has 0 bridgehead atoms. The number of rotatable bonds is 6. The maximum Gasteiger partial charge on any atom is 0.416 e. The fraction of sp³-hybridized carbons (Fsp3) is 0.308. The molecule has 0 amide bonds. The lowest BCUT2D eigenvalue weighted by Crippen LogP contribution is -2.14. The topological polar surface area (TPSA) is 87.3 Å². The Hall–Kier alpha value is -2.10. The van der Waals surface area contributed by atoms with E-state index in [2.05, 4.69) is 28.1 Å². The van der Waals surface area contributed by atoms with Crippen molar-refractivity contribution >= 4 is 27.5 Å². The van der Waals surface area contributed by atoms with Crippen LogP contribution in [0, 0.1) is 0 Å². The minimum absolute atomic E-state index is 0.134. The number of nitrogens with two attached hydrogens (primary N) is 3. The van der Waals surface area contributed by atoms with Gasteiger partial charge in [-0.1, -0.05) is 63.9 Å². The van der Waals surface area contributed by atoms with E-state index >= 15 is 0 Å². The Bertz CT molecular complexity index is 1030. The van der Waals surface area contributed by atoms with E-state index in [1.807, 2.05) is 30.3 Å². The molecule has 3 aromatic rings. The van der Waals surface area contributed by atoms with Crippen LogP contribution in [-0.4, -0.2) is 20.2 Å². The Labute approximate surface area is 218 Å². The van der Waals surface area contributed by atoms with Crippen LogP contribution in [0.1, 0.15) is 35.2 Å². The minimum atomic E-state index is -4.32. The highest BCUT2D eigenvalue weighted by Gasteiger charge is 2.33. The summed E-state index contributed by atoms with van der Waals surface area (Å²) in [6.45, 7) is 2.89. The minimum Gasteiger partial charge on any atom is -0.495 e. The molecule has 0 aromatic heterocycles. The Morgan fingerprint density at radius 3 is 1.97 bits per heavy atom. The predicted molar refractivity (Wildman–Crippen MR) is 142 cm³/mol. The van der Waals surface area contributed by atoms with Gasteiger partial charge >= 0.3 is 6.18 Å². The lowest BCUT2D eigenvalue weighted by Gasteiger charge is -2.14. The van der Waals surface area contributed by atoms with Crippen LogP contribution in [0.5, 0.6) is 5.75 Å². The van der Waals surface area contributed by atoms with Crippen LogP contribution in [0.4, 0.5) is 13.2 Å². The first-order chi connectivity index (χ1) is 16.5. The normalized spacial score (nSPS) is 11.5. The number of ether oxygens (including phenoxy) is 1. The number of methoxy groups -OCH3 is 1. The fourth-order valence-corrected chi connectivity index (χ4v) is 3.77. The largest absolute Gasteiger partial charge is 0.495 e. The molecule has 4 nitrogen and oxygen atoms in total. The van der Waals surface area contributed by atoms with Crippen molar-refractivity contribution in [2.24, 2.45) is 17.2 Å². The van der Waals surface area contributed by atoms with Crippen LogP contribution in [0.25, 0.3) is 0 Å². The molecule has 0 aliphatic carbocycles. The van der Waals surface area contributed by atoms with E-state index in [1.54, 1.807) is 13.2 Å². The molecule has 6 N–H and O–H groups in total. The summed E-state index contributed by atoms with van der Waals surface area (Å²) in [7, 11) is 1.60. The molecule has 0 radical (unpaired) electrons. The average molecular weight is 575 g/mol. The van der Waals surface area contributed by atoms with E-state index in [1.165, 1.54) is 24.6 Å². The van der Waals surface area contributed by atoms with Gasteiger partial charge in [0.15, 0.2) is 0 Å². The summed E-state index contributed by atoms with van der Waals surface area (Å²) in [6.07, 6.45) is -2.51. The summed E-state index contributed by atoms with van der Waals surface area (Å²) in [4.78, 5) is 0. The maximum absolute atomic E-state index is 12.4. The number of hydrogen-bond donors (Lipinski definition) is 3. The molecule has 1 atom stereocenters. The van der Waals surface area contributed by atoms with Crippen LogP contribution in [0.15, 0.2) is 71.2 Å². The van der Waals surface area contributed by atoms with Crippen LogP contribution in [-0.2, 0) is 19.0 Å². The van der Waals surface area contributed by atoms with Gasteiger partial charge in [-0.15, -0.1) is 0 Å². The third-order valence-electron chi connectivity index (χ3n) is 4.73. The van der Waals surface area contributed by atoms with Crippen LogP contribution < -0.4 is 21.9 Å². The molecule has 0 spiro atoms. The molecule has 35 heavy (non-hydrogen) atoms. The molecule has 1 unspecified atom stereocenters. The monoisotopic (exact) mass is 573 g/mol. The van der Waals surface area contributed by atoms with Crippen LogP contribution >= 0.6 is 27.5 Å². The van der Waals surface area contributed by atoms with Gasteiger partial charge in [0.1, 0.15) is 5.75 Å². The lowest BCUT2D eigenvalue weighted by molar-refractivity contribution is -0.138. The molecule has 0 aliphatic rings. The highest BCUT2D eigenvalue weighted by atomic mass is 79.9.